The van der Waals surface area contributed by atoms with Gasteiger partial charge in [-0.2, -0.15) is 0 Å². The molecule has 0 saturated carbocycles. The van der Waals surface area contributed by atoms with Crippen LogP contribution in [0.2, 0.25) is 0 Å². The van der Waals surface area contributed by atoms with Gasteiger partial charge in [0.2, 0.25) is 5.75 Å². The fourth-order valence-electron chi connectivity index (χ4n) is 3.27. The van der Waals surface area contributed by atoms with Crippen molar-refractivity contribution in [1.82, 2.24) is 15.1 Å². The summed E-state index contributed by atoms with van der Waals surface area (Å²) in [6, 6.07) is 3.99. The SMILES string of the molecule is CCNC(=NCCCF)N1CCN(Cc2cc(OC)c(OC)c(OC)c2)CC1. The lowest BCUT2D eigenvalue weighted by molar-refractivity contribution is 0.172. The number of benzene rings is 1. The Bertz CT molecular complexity index is 609. The van der Waals surface area contributed by atoms with Crippen molar-refractivity contribution >= 4 is 5.96 Å². The number of aliphatic imine (C=N–C) groups is 1. The molecule has 158 valence electrons. The lowest BCUT2D eigenvalue weighted by Gasteiger charge is -2.36. The molecule has 0 radical (unpaired) electrons. The molecule has 1 saturated heterocycles. The number of guanidine groups is 1. The molecule has 0 atom stereocenters. The van der Waals surface area contributed by atoms with Gasteiger partial charge in [-0.15, -0.1) is 0 Å². The van der Waals surface area contributed by atoms with Gasteiger partial charge in [0.1, 0.15) is 0 Å². The van der Waals surface area contributed by atoms with E-state index in [2.05, 4.69) is 20.1 Å². The summed E-state index contributed by atoms with van der Waals surface area (Å²) in [5.74, 6) is 2.83. The van der Waals surface area contributed by atoms with Crippen molar-refractivity contribution in [1.29, 1.82) is 0 Å². The number of piperazine rings is 1. The van der Waals surface area contributed by atoms with E-state index in [0.717, 1.165) is 50.8 Å². The summed E-state index contributed by atoms with van der Waals surface area (Å²) in [5, 5.41) is 3.31. The first-order chi connectivity index (χ1) is 13.7. The number of rotatable bonds is 9. The van der Waals surface area contributed by atoms with Crippen LogP contribution in [0, 0.1) is 0 Å². The predicted molar refractivity (Wildman–Crippen MR) is 110 cm³/mol. The van der Waals surface area contributed by atoms with E-state index in [1.54, 1.807) is 21.3 Å². The van der Waals surface area contributed by atoms with Crippen molar-refractivity contribution in [2.75, 3.05) is 67.3 Å². The molecule has 1 aromatic rings. The largest absolute Gasteiger partial charge is 0.493 e. The van der Waals surface area contributed by atoms with Crippen LogP contribution in [0.15, 0.2) is 17.1 Å². The minimum atomic E-state index is -0.328. The molecule has 0 unspecified atom stereocenters. The fraction of sp³-hybridized carbons (Fsp3) is 0.650. The Hall–Kier alpha value is -2.22. The molecular formula is C20H33FN4O3. The summed E-state index contributed by atoms with van der Waals surface area (Å²) < 4.78 is 28.6. The molecule has 1 fully saturated rings. The Balaban J connectivity index is 1.99. The van der Waals surface area contributed by atoms with Gasteiger partial charge in [-0.1, -0.05) is 0 Å². The number of hydrogen-bond donors (Lipinski definition) is 1. The standard InChI is InChI=1S/C20H33FN4O3/c1-5-22-20(23-8-6-7-21)25-11-9-24(10-12-25)15-16-13-17(26-2)19(28-4)18(14-16)27-3/h13-14H,5-12,15H2,1-4H3,(H,22,23). The minimum Gasteiger partial charge on any atom is -0.493 e. The third kappa shape index (κ3) is 5.89. The molecular weight excluding hydrogens is 363 g/mol. The van der Waals surface area contributed by atoms with Gasteiger partial charge < -0.3 is 24.4 Å². The second kappa shape index (κ2) is 11.6. The van der Waals surface area contributed by atoms with Crippen molar-refractivity contribution in [3.05, 3.63) is 17.7 Å². The lowest BCUT2D eigenvalue weighted by Crippen LogP contribution is -2.52. The summed E-state index contributed by atoms with van der Waals surface area (Å²) in [4.78, 5) is 9.16. The number of nitrogens with zero attached hydrogens (tertiary/aromatic N) is 3. The van der Waals surface area contributed by atoms with Crippen LogP contribution in [0.3, 0.4) is 0 Å². The van der Waals surface area contributed by atoms with Gasteiger partial charge in [0.05, 0.1) is 28.0 Å². The highest BCUT2D eigenvalue weighted by Gasteiger charge is 2.21. The second-order valence-electron chi connectivity index (χ2n) is 6.57. The quantitative estimate of drug-likeness (QED) is 0.392. The van der Waals surface area contributed by atoms with Crippen molar-refractivity contribution in [2.24, 2.45) is 4.99 Å². The van der Waals surface area contributed by atoms with Crippen LogP contribution in [0.4, 0.5) is 4.39 Å². The maximum Gasteiger partial charge on any atom is 0.203 e. The van der Waals surface area contributed by atoms with E-state index < -0.39 is 0 Å². The molecule has 28 heavy (non-hydrogen) atoms. The van der Waals surface area contributed by atoms with E-state index in [4.69, 9.17) is 14.2 Å². The zero-order valence-electron chi connectivity index (χ0n) is 17.5. The molecule has 1 N–H and O–H groups in total. The van der Waals surface area contributed by atoms with Crippen LogP contribution in [-0.2, 0) is 6.54 Å². The summed E-state index contributed by atoms with van der Waals surface area (Å²) in [7, 11) is 4.87. The Morgan fingerprint density at radius 2 is 1.71 bits per heavy atom. The van der Waals surface area contributed by atoms with Crippen LogP contribution in [0.5, 0.6) is 17.2 Å². The molecule has 0 bridgehead atoms. The van der Waals surface area contributed by atoms with Gasteiger partial charge in [0, 0.05) is 45.8 Å². The smallest absolute Gasteiger partial charge is 0.203 e. The highest BCUT2D eigenvalue weighted by atomic mass is 19.1. The van der Waals surface area contributed by atoms with Crippen LogP contribution in [-0.4, -0.2) is 83.0 Å². The lowest BCUT2D eigenvalue weighted by atomic mass is 10.1. The van der Waals surface area contributed by atoms with E-state index in [1.165, 1.54) is 0 Å². The predicted octanol–water partition coefficient (Wildman–Crippen LogP) is 2.16. The molecule has 0 aromatic heterocycles. The van der Waals surface area contributed by atoms with Crippen molar-refractivity contribution in [3.8, 4) is 17.2 Å². The number of alkyl halides is 1. The van der Waals surface area contributed by atoms with Gasteiger partial charge in [-0.05, 0) is 31.0 Å². The van der Waals surface area contributed by atoms with Gasteiger partial charge in [0.15, 0.2) is 17.5 Å². The van der Waals surface area contributed by atoms with Crippen LogP contribution in [0.1, 0.15) is 18.9 Å². The van der Waals surface area contributed by atoms with E-state index >= 15 is 0 Å². The first kappa shape index (κ1) is 22.1. The number of halogens is 1. The average Bonchev–Trinajstić information content (AvgIpc) is 2.73. The molecule has 1 aliphatic heterocycles. The fourth-order valence-corrected chi connectivity index (χ4v) is 3.27. The van der Waals surface area contributed by atoms with Crippen molar-refractivity contribution in [2.45, 2.75) is 19.9 Å². The highest BCUT2D eigenvalue weighted by molar-refractivity contribution is 5.80. The van der Waals surface area contributed by atoms with E-state index in [1.807, 2.05) is 19.1 Å². The second-order valence-corrected chi connectivity index (χ2v) is 6.57. The summed E-state index contributed by atoms with van der Waals surface area (Å²) in [5.41, 5.74) is 1.12. The topological polar surface area (TPSA) is 58.6 Å². The summed E-state index contributed by atoms with van der Waals surface area (Å²) in [6.45, 7) is 7.45. The molecule has 1 heterocycles. The van der Waals surface area contributed by atoms with Crippen LogP contribution < -0.4 is 19.5 Å². The number of methoxy groups -OCH3 is 3. The Kier molecular flexibility index (Phi) is 9.13. The molecule has 8 heteroatoms. The zero-order valence-corrected chi connectivity index (χ0v) is 17.5. The summed E-state index contributed by atoms with van der Waals surface area (Å²) >= 11 is 0. The number of nitrogens with one attached hydrogen (secondary N) is 1. The van der Waals surface area contributed by atoms with Gasteiger partial charge in [-0.3, -0.25) is 14.3 Å². The average molecular weight is 397 g/mol. The van der Waals surface area contributed by atoms with Gasteiger partial charge >= 0.3 is 0 Å². The Morgan fingerprint density at radius 3 is 2.21 bits per heavy atom. The monoisotopic (exact) mass is 396 g/mol. The van der Waals surface area contributed by atoms with Crippen LogP contribution >= 0.6 is 0 Å². The minimum absolute atomic E-state index is 0.328. The van der Waals surface area contributed by atoms with E-state index in [0.29, 0.717) is 30.2 Å². The van der Waals surface area contributed by atoms with Gasteiger partial charge in [0.25, 0.3) is 0 Å². The maximum atomic E-state index is 12.4. The highest BCUT2D eigenvalue weighted by Crippen LogP contribution is 2.38. The summed E-state index contributed by atoms with van der Waals surface area (Å²) in [6.07, 6.45) is 0.468. The number of hydrogen-bond acceptors (Lipinski definition) is 5. The number of ether oxygens (including phenoxy) is 3. The first-order valence-corrected chi connectivity index (χ1v) is 9.77. The third-order valence-electron chi connectivity index (χ3n) is 4.69. The molecule has 2 rings (SSSR count). The van der Waals surface area contributed by atoms with E-state index in [9.17, 15) is 4.39 Å². The van der Waals surface area contributed by atoms with Crippen LogP contribution in [0.25, 0.3) is 0 Å². The molecule has 1 aliphatic rings. The molecule has 0 amide bonds. The van der Waals surface area contributed by atoms with Crippen molar-refractivity contribution in [3.63, 3.8) is 0 Å². The zero-order chi connectivity index (χ0) is 20.4. The normalized spacial score (nSPS) is 15.5. The van der Waals surface area contributed by atoms with Crippen molar-refractivity contribution < 1.29 is 18.6 Å². The maximum absolute atomic E-state index is 12.4. The van der Waals surface area contributed by atoms with E-state index in [-0.39, 0.29) is 6.67 Å². The first-order valence-electron chi connectivity index (χ1n) is 9.77. The van der Waals surface area contributed by atoms with Gasteiger partial charge in [-0.25, -0.2) is 0 Å². The molecule has 0 spiro atoms. The molecule has 1 aromatic carbocycles. The third-order valence-corrected chi connectivity index (χ3v) is 4.69. The Morgan fingerprint density at radius 1 is 1.07 bits per heavy atom. The molecule has 0 aliphatic carbocycles. The molecule has 7 nitrogen and oxygen atoms in total. The Labute approximate surface area is 167 Å².